The van der Waals surface area contributed by atoms with Gasteiger partial charge in [-0.05, 0) is 36.8 Å². The lowest BCUT2D eigenvalue weighted by molar-refractivity contribution is -0.138. The van der Waals surface area contributed by atoms with Gasteiger partial charge in [0.25, 0.3) is 5.91 Å². The summed E-state index contributed by atoms with van der Waals surface area (Å²) in [4.78, 5) is 18.2. The molecule has 0 aliphatic carbocycles. The summed E-state index contributed by atoms with van der Waals surface area (Å²) in [6, 6.07) is 11.2. The van der Waals surface area contributed by atoms with Crippen molar-refractivity contribution in [3.8, 4) is 17.3 Å². The summed E-state index contributed by atoms with van der Waals surface area (Å²) in [6.07, 6.45) is 1.56. The fourth-order valence-electron chi connectivity index (χ4n) is 2.69. The molecule has 0 bridgehead atoms. The van der Waals surface area contributed by atoms with Crippen LogP contribution < -0.4 is 4.74 Å². The van der Waals surface area contributed by atoms with Gasteiger partial charge in [0.2, 0.25) is 11.7 Å². The number of furan rings is 1. The summed E-state index contributed by atoms with van der Waals surface area (Å²) >= 11 is 0. The molecule has 0 spiro atoms. The van der Waals surface area contributed by atoms with Gasteiger partial charge in [-0.25, -0.2) is 0 Å². The van der Waals surface area contributed by atoms with E-state index in [1.54, 1.807) is 23.3 Å². The van der Waals surface area contributed by atoms with Crippen molar-refractivity contribution < 1.29 is 18.5 Å². The maximum atomic E-state index is 12.2. The molecule has 3 aromatic rings. The number of amides is 1. The Morgan fingerprint density at radius 1 is 1.32 bits per heavy atom. The minimum absolute atomic E-state index is 0.0254. The van der Waals surface area contributed by atoms with Gasteiger partial charge < -0.3 is 18.6 Å². The van der Waals surface area contributed by atoms with Crippen molar-refractivity contribution in [2.24, 2.45) is 0 Å². The zero-order chi connectivity index (χ0) is 17.2. The number of benzene rings is 1. The number of aryl methyl sites for hydroxylation is 1. The molecule has 1 aromatic carbocycles. The van der Waals surface area contributed by atoms with Gasteiger partial charge in [-0.2, -0.15) is 4.98 Å². The molecule has 1 aliphatic heterocycles. The van der Waals surface area contributed by atoms with Crippen molar-refractivity contribution >= 4 is 5.91 Å². The SMILES string of the molecule is Cc1cccc(OCC(=O)N2CC(c3nc(-c4ccco4)no3)C2)c1. The first-order chi connectivity index (χ1) is 12.2. The van der Waals surface area contributed by atoms with E-state index in [1.165, 1.54) is 0 Å². The van der Waals surface area contributed by atoms with E-state index in [-0.39, 0.29) is 18.4 Å². The second-order valence-electron chi connectivity index (χ2n) is 6.03. The number of rotatable bonds is 5. The highest BCUT2D eigenvalue weighted by molar-refractivity contribution is 5.78. The number of nitrogens with zero attached hydrogens (tertiary/aromatic N) is 3. The van der Waals surface area contributed by atoms with Crippen molar-refractivity contribution in [3.05, 3.63) is 54.1 Å². The van der Waals surface area contributed by atoms with Crippen molar-refractivity contribution in [2.75, 3.05) is 19.7 Å². The minimum atomic E-state index is -0.0523. The number of hydrogen-bond acceptors (Lipinski definition) is 6. The number of carbonyl (C=O) groups is 1. The summed E-state index contributed by atoms with van der Waals surface area (Å²) in [5.74, 6) is 2.21. The van der Waals surface area contributed by atoms with E-state index in [4.69, 9.17) is 13.7 Å². The molecule has 7 heteroatoms. The smallest absolute Gasteiger partial charge is 0.260 e. The number of carbonyl (C=O) groups excluding carboxylic acids is 1. The summed E-state index contributed by atoms with van der Waals surface area (Å²) in [7, 11) is 0. The van der Waals surface area contributed by atoms with Crippen molar-refractivity contribution in [1.82, 2.24) is 15.0 Å². The molecule has 1 aliphatic rings. The van der Waals surface area contributed by atoms with Gasteiger partial charge in [-0.1, -0.05) is 17.3 Å². The fraction of sp³-hybridized carbons (Fsp3) is 0.278. The lowest BCUT2D eigenvalue weighted by Gasteiger charge is -2.36. The molecule has 0 radical (unpaired) electrons. The van der Waals surface area contributed by atoms with E-state index >= 15 is 0 Å². The van der Waals surface area contributed by atoms with Gasteiger partial charge in [-0.15, -0.1) is 0 Å². The molecule has 25 heavy (non-hydrogen) atoms. The third-order valence-electron chi connectivity index (χ3n) is 4.12. The molecule has 0 atom stereocenters. The summed E-state index contributed by atoms with van der Waals surface area (Å²) < 4.78 is 16.1. The van der Waals surface area contributed by atoms with Gasteiger partial charge in [0.15, 0.2) is 12.4 Å². The Kier molecular flexibility index (Phi) is 3.97. The van der Waals surface area contributed by atoms with Gasteiger partial charge in [0.1, 0.15) is 5.75 Å². The maximum absolute atomic E-state index is 12.2. The van der Waals surface area contributed by atoms with Crippen LogP contribution in [0, 0.1) is 6.92 Å². The highest BCUT2D eigenvalue weighted by Gasteiger charge is 2.35. The minimum Gasteiger partial charge on any atom is -0.484 e. The highest BCUT2D eigenvalue weighted by atomic mass is 16.5. The predicted molar refractivity (Wildman–Crippen MR) is 88.0 cm³/mol. The monoisotopic (exact) mass is 339 g/mol. The Hall–Kier alpha value is -3.09. The second-order valence-corrected chi connectivity index (χ2v) is 6.03. The van der Waals surface area contributed by atoms with E-state index < -0.39 is 0 Å². The average Bonchev–Trinajstić information content (AvgIpc) is 3.23. The van der Waals surface area contributed by atoms with Gasteiger partial charge in [-0.3, -0.25) is 4.79 Å². The van der Waals surface area contributed by atoms with Crippen LogP contribution in [0.5, 0.6) is 5.75 Å². The van der Waals surface area contributed by atoms with Crippen molar-refractivity contribution in [1.29, 1.82) is 0 Å². The molecule has 0 unspecified atom stereocenters. The first-order valence-electron chi connectivity index (χ1n) is 8.04. The first-order valence-corrected chi connectivity index (χ1v) is 8.04. The predicted octanol–water partition coefficient (Wildman–Crippen LogP) is 2.64. The maximum Gasteiger partial charge on any atom is 0.260 e. The third kappa shape index (κ3) is 3.26. The average molecular weight is 339 g/mol. The molecule has 0 saturated carbocycles. The second kappa shape index (κ2) is 6.43. The molecule has 2 aromatic heterocycles. The van der Waals surface area contributed by atoms with Crippen LogP contribution in [-0.4, -0.2) is 40.6 Å². The largest absolute Gasteiger partial charge is 0.484 e. The molecule has 3 heterocycles. The Balaban J connectivity index is 1.29. The zero-order valence-electron chi connectivity index (χ0n) is 13.7. The fourth-order valence-corrected chi connectivity index (χ4v) is 2.69. The van der Waals surface area contributed by atoms with Gasteiger partial charge in [0.05, 0.1) is 12.2 Å². The zero-order valence-corrected chi connectivity index (χ0v) is 13.7. The third-order valence-corrected chi connectivity index (χ3v) is 4.12. The number of likely N-dealkylation sites (tertiary alicyclic amines) is 1. The van der Waals surface area contributed by atoms with E-state index in [9.17, 15) is 4.79 Å². The van der Waals surface area contributed by atoms with Crippen LogP contribution in [0.25, 0.3) is 11.6 Å². The molecule has 128 valence electrons. The Bertz CT molecular complexity index is 866. The van der Waals surface area contributed by atoms with Crippen LogP contribution in [0.1, 0.15) is 17.4 Å². The van der Waals surface area contributed by atoms with Crippen LogP contribution in [0.15, 0.2) is 51.6 Å². The van der Waals surface area contributed by atoms with Crippen LogP contribution in [0.3, 0.4) is 0 Å². The van der Waals surface area contributed by atoms with E-state index in [0.29, 0.717) is 36.3 Å². The standard InChI is InChI=1S/C18H17N3O4/c1-12-4-2-5-14(8-12)24-11-16(22)21-9-13(10-21)18-19-17(20-25-18)15-6-3-7-23-15/h2-8,13H,9-11H2,1H3. The molecule has 1 fully saturated rings. The summed E-state index contributed by atoms with van der Waals surface area (Å²) in [6.45, 7) is 3.11. The number of aromatic nitrogens is 2. The molecule has 4 rings (SSSR count). The Morgan fingerprint density at radius 2 is 2.20 bits per heavy atom. The molecular weight excluding hydrogens is 322 g/mol. The summed E-state index contributed by atoms with van der Waals surface area (Å²) in [5, 5.41) is 3.91. The van der Waals surface area contributed by atoms with E-state index in [2.05, 4.69) is 10.1 Å². The Labute approximate surface area is 144 Å². The topological polar surface area (TPSA) is 81.6 Å². The molecule has 7 nitrogen and oxygen atoms in total. The number of ether oxygens (including phenoxy) is 1. The molecule has 0 N–H and O–H groups in total. The number of hydrogen-bond donors (Lipinski definition) is 0. The lowest BCUT2D eigenvalue weighted by atomic mass is 10.0. The van der Waals surface area contributed by atoms with E-state index in [0.717, 1.165) is 5.56 Å². The van der Waals surface area contributed by atoms with Crippen molar-refractivity contribution in [2.45, 2.75) is 12.8 Å². The molecular formula is C18H17N3O4. The quantitative estimate of drug-likeness (QED) is 0.711. The molecule has 1 amide bonds. The highest BCUT2D eigenvalue weighted by Crippen LogP contribution is 2.27. The normalized spacial score (nSPS) is 14.4. The van der Waals surface area contributed by atoms with Gasteiger partial charge >= 0.3 is 0 Å². The summed E-state index contributed by atoms with van der Waals surface area (Å²) in [5.41, 5.74) is 1.10. The van der Waals surface area contributed by atoms with Crippen LogP contribution in [-0.2, 0) is 4.79 Å². The van der Waals surface area contributed by atoms with Crippen molar-refractivity contribution in [3.63, 3.8) is 0 Å². The van der Waals surface area contributed by atoms with E-state index in [1.807, 2.05) is 31.2 Å². The van der Waals surface area contributed by atoms with Gasteiger partial charge in [0, 0.05) is 13.1 Å². The van der Waals surface area contributed by atoms with Crippen LogP contribution in [0.2, 0.25) is 0 Å². The first kappa shape index (κ1) is 15.4. The molecule has 1 saturated heterocycles. The van der Waals surface area contributed by atoms with Crippen LogP contribution in [0.4, 0.5) is 0 Å². The Morgan fingerprint density at radius 3 is 2.96 bits per heavy atom. The van der Waals surface area contributed by atoms with Crippen LogP contribution >= 0.6 is 0 Å². The lowest BCUT2D eigenvalue weighted by Crippen LogP contribution is -2.50.